The van der Waals surface area contributed by atoms with E-state index in [2.05, 4.69) is 112 Å². The maximum absolute atomic E-state index is 11.6. The zero-order valence-corrected chi connectivity index (χ0v) is 37.8. The number of aliphatic imine (C=N–C) groups is 1. The molecule has 14 nitrogen and oxygen atoms in total. The predicted octanol–water partition coefficient (Wildman–Crippen LogP) is 3.99. The number of amides is 2. The van der Waals surface area contributed by atoms with Crippen LogP contribution < -0.4 is 27.8 Å². The number of rotatable bonds is 10. The maximum atomic E-state index is 11.6. The summed E-state index contributed by atoms with van der Waals surface area (Å²) < 4.78 is 6.60. The number of nitrogens with zero attached hydrogens (tertiary/aromatic N) is 4. The Morgan fingerprint density at radius 1 is 0.929 bits per heavy atom. The number of aryl methyl sites for hydroxylation is 2. The van der Waals surface area contributed by atoms with Gasteiger partial charge in [-0.1, -0.05) is 38.8 Å². The molecule has 0 bridgehead atoms. The van der Waals surface area contributed by atoms with Crippen LogP contribution in [0.3, 0.4) is 0 Å². The first-order valence-corrected chi connectivity index (χ1v) is 21.0. The zero-order valence-electron chi connectivity index (χ0n) is 32.8. The third-order valence-corrected chi connectivity index (χ3v) is 10.9. The summed E-state index contributed by atoms with van der Waals surface area (Å²) in [6.45, 7) is 4.35. The minimum Gasteiger partial charge on any atom is -0.468 e. The van der Waals surface area contributed by atoms with Gasteiger partial charge in [0.25, 0.3) is 0 Å². The van der Waals surface area contributed by atoms with Crippen molar-refractivity contribution in [3.63, 3.8) is 0 Å². The molecule has 4 aromatic rings. The summed E-state index contributed by atoms with van der Waals surface area (Å²) in [6, 6.07) is 13.4. The minimum atomic E-state index is -0.580. The smallest absolute Gasteiger partial charge is 0.323 e. The third kappa shape index (κ3) is 18.9. The Hall–Kier alpha value is -3.03. The number of fused-ring (bicyclic) bond motifs is 2. The van der Waals surface area contributed by atoms with Gasteiger partial charge in [-0.15, -0.1) is 46.8 Å². The second-order valence-electron chi connectivity index (χ2n) is 10.8. The van der Waals surface area contributed by atoms with Crippen LogP contribution >= 0.6 is 72.1 Å². The second-order valence-corrected chi connectivity index (χ2v) is 14.6. The number of thiazole rings is 2. The molecule has 0 aliphatic carbocycles. The van der Waals surface area contributed by atoms with Crippen LogP contribution in [0.15, 0.2) is 41.4 Å². The van der Waals surface area contributed by atoms with E-state index in [4.69, 9.17) is 21.8 Å². The molecule has 9 N–H and O–H groups in total. The average molecular weight is 891 g/mol. The van der Waals surface area contributed by atoms with E-state index in [1.807, 2.05) is 6.07 Å². The summed E-state index contributed by atoms with van der Waals surface area (Å²) in [5, 5.41) is 23.1. The Bertz CT molecular complexity index is 1800. The van der Waals surface area contributed by atoms with E-state index in [1.54, 1.807) is 37.2 Å². The van der Waals surface area contributed by atoms with Gasteiger partial charge in [-0.3, -0.25) is 19.4 Å². The highest BCUT2D eigenvalue weighted by Crippen LogP contribution is 2.30. The number of ether oxygens (including phenoxy) is 1. The molecule has 1 aliphatic rings. The number of likely N-dealkylation sites (N-methyl/N-ethyl adjacent to an activating group) is 2. The van der Waals surface area contributed by atoms with Crippen LogP contribution in [0.5, 0.6) is 0 Å². The van der Waals surface area contributed by atoms with Crippen molar-refractivity contribution in [2.75, 3.05) is 52.6 Å². The molecule has 2 aromatic heterocycles. The van der Waals surface area contributed by atoms with Gasteiger partial charge < -0.3 is 37.7 Å². The van der Waals surface area contributed by atoms with Crippen molar-refractivity contribution in [1.82, 2.24) is 20.6 Å². The van der Waals surface area contributed by atoms with Crippen LogP contribution in [0.25, 0.3) is 20.4 Å². The van der Waals surface area contributed by atoms with E-state index >= 15 is 0 Å². The Kier molecular flexibility index (Phi) is 31.5. The fourth-order valence-electron chi connectivity index (χ4n) is 4.25. The van der Waals surface area contributed by atoms with Crippen LogP contribution in [-0.4, -0.2) is 109 Å². The van der Waals surface area contributed by atoms with Gasteiger partial charge in [0.05, 0.1) is 33.6 Å². The van der Waals surface area contributed by atoms with Gasteiger partial charge in [0, 0.05) is 38.5 Å². The standard InChI is InChI=1S/C15H17N3OS2.C11H10N2S.C4H10N2OS.C4H9NO2S.CH5N.CH4O.ClH/c1-3-4-9-5-6-10-12(7-9)21-15(17-10)14-18-11(8-20-14)13(19)16-2;1-2-3-8-4-5-9-10(6-8)14-11(7-12)13-9;1-6-4(7)3(5)2-8;1-7-4(6)3(5)2-8;2*1-2;/h5-7,11H,3-4,8H2,1-2H3,(H,16,19);4-6H,2-3H2,1H3;3,8H,2,5H2,1H3,(H,6,7);3,8H,2,5H2,1H3;2H2,1H3;2H,1H3;1H/t11-;;2*3-;;;/m1.11.../s1. The lowest BCUT2D eigenvalue weighted by molar-refractivity contribution is -0.141. The first-order valence-electron chi connectivity index (χ1n) is 17.1. The predicted molar refractivity (Wildman–Crippen MR) is 244 cm³/mol. The molecule has 0 saturated heterocycles. The molecule has 0 radical (unpaired) electrons. The number of hydrogen-bond acceptors (Lipinski definition) is 17. The number of carbonyl (C=O) groups excluding carboxylic acids is 3. The number of aliphatic hydroxyl groups excluding tert-OH is 1. The molecule has 2 aromatic carbocycles. The molecule has 0 spiro atoms. The van der Waals surface area contributed by atoms with Crippen molar-refractivity contribution in [3.8, 4) is 6.07 Å². The third-order valence-electron chi connectivity index (χ3n) is 6.94. The molecule has 20 heteroatoms. The first kappa shape index (κ1) is 55.1. The number of nitriles is 1. The monoisotopic (exact) mass is 889 g/mol. The fourth-order valence-corrected chi connectivity index (χ4v) is 7.53. The van der Waals surface area contributed by atoms with Gasteiger partial charge in [0.1, 0.15) is 28.2 Å². The van der Waals surface area contributed by atoms with E-state index in [0.29, 0.717) is 22.3 Å². The molecule has 312 valence electrons. The van der Waals surface area contributed by atoms with E-state index in [-0.39, 0.29) is 30.3 Å². The number of halogens is 1. The van der Waals surface area contributed by atoms with Gasteiger partial charge in [0.15, 0.2) is 5.01 Å². The topological polar surface area (TPSA) is 245 Å². The van der Waals surface area contributed by atoms with Gasteiger partial charge in [-0.25, -0.2) is 9.97 Å². The van der Waals surface area contributed by atoms with Crippen molar-refractivity contribution in [3.05, 3.63) is 57.5 Å². The number of esters is 1. The van der Waals surface area contributed by atoms with Crippen molar-refractivity contribution in [2.45, 2.75) is 57.7 Å². The number of thioether (sulfide) groups is 1. The highest BCUT2D eigenvalue weighted by atomic mass is 35.5. The molecule has 0 saturated carbocycles. The molecule has 0 fully saturated rings. The van der Waals surface area contributed by atoms with Crippen molar-refractivity contribution in [1.29, 1.82) is 5.26 Å². The summed E-state index contributed by atoms with van der Waals surface area (Å²) in [4.78, 5) is 45.8. The van der Waals surface area contributed by atoms with Crippen LogP contribution in [-0.2, 0) is 32.0 Å². The molecule has 2 amide bonds. The lowest BCUT2D eigenvalue weighted by Gasteiger charge is -2.03. The largest absolute Gasteiger partial charge is 0.468 e. The maximum Gasteiger partial charge on any atom is 0.323 e. The van der Waals surface area contributed by atoms with E-state index < -0.39 is 18.1 Å². The average Bonchev–Trinajstić information content (AvgIpc) is 4.00. The van der Waals surface area contributed by atoms with Gasteiger partial charge in [0.2, 0.25) is 11.8 Å². The molecule has 56 heavy (non-hydrogen) atoms. The summed E-state index contributed by atoms with van der Waals surface area (Å²) in [6.07, 6.45) is 4.48. The van der Waals surface area contributed by atoms with Crippen LogP contribution in [0.2, 0.25) is 0 Å². The first-order chi connectivity index (χ1) is 26.5. The van der Waals surface area contributed by atoms with Crippen molar-refractivity contribution < 1.29 is 24.2 Å². The fraction of sp³-hybridized carbons (Fsp3) is 0.472. The van der Waals surface area contributed by atoms with Gasteiger partial charge >= 0.3 is 5.97 Å². The zero-order chi connectivity index (χ0) is 41.9. The molecule has 5 rings (SSSR count). The molecule has 3 atom stereocenters. The Labute approximate surface area is 359 Å². The Balaban J connectivity index is 0. The normalized spacial score (nSPS) is 13.2. The SMILES string of the molecule is CCCc1ccc2nc(C#N)sc2c1.CCCc1ccc2nc(C3=N[C@@H](C(=O)NC)CS3)sc2c1.CN.CNC(=O)[C@H](N)CS.CO.COC(=O)[C@H](N)CS.Cl. The quantitative estimate of drug-likeness (QED) is 0.0833. The van der Waals surface area contributed by atoms with E-state index in [1.165, 1.54) is 41.3 Å². The number of nitrogens with two attached hydrogens (primary N) is 3. The molecular weight excluding hydrogens is 834 g/mol. The van der Waals surface area contributed by atoms with E-state index in [0.717, 1.165) is 58.6 Å². The number of hydrogen-bond donors (Lipinski definition) is 8. The number of aromatic nitrogens is 2. The second kappa shape index (κ2) is 32.0. The molecule has 0 unspecified atom stereocenters. The number of aliphatic hydroxyl groups is 1. The lowest BCUT2D eigenvalue weighted by atomic mass is 10.1. The van der Waals surface area contributed by atoms with Crippen LogP contribution in [0.4, 0.5) is 0 Å². The van der Waals surface area contributed by atoms with E-state index in [9.17, 15) is 14.4 Å². The summed E-state index contributed by atoms with van der Waals surface area (Å²) >= 11 is 12.3. The Morgan fingerprint density at radius 2 is 1.45 bits per heavy atom. The summed E-state index contributed by atoms with van der Waals surface area (Å²) in [5.74, 6) is 0.807. The van der Waals surface area contributed by atoms with Crippen molar-refractivity contribution >= 4 is 115 Å². The molecular formula is C36H56ClN9O5S5. The molecule has 1 aliphatic heterocycles. The number of methoxy groups -OCH3 is 1. The highest BCUT2D eigenvalue weighted by Gasteiger charge is 2.26. The van der Waals surface area contributed by atoms with Gasteiger partial charge in [-0.2, -0.15) is 30.5 Å². The minimum absolute atomic E-state index is 0. The van der Waals surface area contributed by atoms with Crippen molar-refractivity contribution in [2.24, 2.45) is 22.2 Å². The number of carbonyl (C=O) groups is 3. The van der Waals surface area contributed by atoms with Crippen LogP contribution in [0, 0.1) is 11.3 Å². The number of nitrogens with one attached hydrogen (secondary N) is 2. The Morgan fingerprint density at radius 3 is 1.86 bits per heavy atom. The lowest BCUT2D eigenvalue weighted by Crippen LogP contribution is -2.39. The van der Waals surface area contributed by atoms with Gasteiger partial charge in [-0.05, 0) is 55.3 Å². The number of benzene rings is 2. The summed E-state index contributed by atoms with van der Waals surface area (Å²) in [5.41, 5.74) is 19.5. The number of thiol groups is 2. The van der Waals surface area contributed by atoms with Crippen LogP contribution in [0.1, 0.15) is 47.8 Å². The molecule has 3 heterocycles. The summed E-state index contributed by atoms with van der Waals surface area (Å²) in [7, 11) is 6.99. The highest BCUT2D eigenvalue weighted by molar-refractivity contribution is 8.15.